The summed E-state index contributed by atoms with van der Waals surface area (Å²) in [5.41, 5.74) is 0. The molecule has 0 radical (unpaired) electrons. The van der Waals surface area contributed by atoms with Crippen LogP contribution in [0, 0.1) is 0 Å². The van der Waals surface area contributed by atoms with Crippen molar-refractivity contribution in [3.05, 3.63) is 0 Å². The van der Waals surface area contributed by atoms with Gasteiger partial charge >= 0.3 is 0 Å². The Morgan fingerprint density at radius 1 is 1.75 bits per heavy atom. The molecule has 0 unspecified atom stereocenters. The molecule has 8 heavy (non-hydrogen) atoms. The van der Waals surface area contributed by atoms with Gasteiger partial charge in [-0.15, -0.1) is 0 Å². The van der Waals surface area contributed by atoms with Crippen LogP contribution in [0.4, 0.5) is 0 Å². The molecule has 0 saturated carbocycles. The zero-order valence-corrected chi connectivity index (χ0v) is 6.46. The van der Waals surface area contributed by atoms with Crippen molar-refractivity contribution in [2.45, 2.75) is 19.9 Å². The maximum atomic E-state index is 2.32. The van der Waals surface area contributed by atoms with Gasteiger partial charge in [0.1, 0.15) is 7.05 Å². The largest absolute Gasteiger partial charge is 0.228 e. The molecule has 1 nitrogen and oxygen atoms in total. The molecule has 1 aliphatic rings. The molecule has 0 bridgehead atoms. The number of rotatable bonds is 0. The smallest absolute Gasteiger partial charge is 0.207 e. The molecular formula is C6H12NS+. The normalized spacial score (nSPS) is 29.6. The first-order valence-corrected chi connectivity index (χ1v) is 3.89. The second kappa shape index (κ2) is 2.09. The average molecular weight is 130 g/mol. The maximum Gasteiger partial charge on any atom is 0.207 e. The summed E-state index contributed by atoms with van der Waals surface area (Å²) in [4.78, 5) is 0. The fourth-order valence-electron chi connectivity index (χ4n) is 0.765. The minimum Gasteiger partial charge on any atom is -0.228 e. The maximum absolute atomic E-state index is 2.32. The molecule has 1 atom stereocenters. The molecule has 0 aromatic heterocycles. The van der Waals surface area contributed by atoms with E-state index in [1.54, 1.807) is 0 Å². The van der Waals surface area contributed by atoms with Crippen molar-refractivity contribution in [2.24, 2.45) is 0 Å². The summed E-state index contributed by atoms with van der Waals surface area (Å²) in [6.45, 7) is 4.43. The molecule has 2 heteroatoms. The highest BCUT2D eigenvalue weighted by molar-refractivity contribution is 8.13. The molecule has 0 spiro atoms. The Bertz CT molecular complexity index is 128. The highest BCUT2D eigenvalue weighted by Crippen LogP contribution is 2.14. The third-order valence-corrected chi connectivity index (χ3v) is 3.05. The van der Waals surface area contributed by atoms with E-state index in [-0.39, 0.29) is 0 Å². The lowest BCUT2D eigenvalue weighted by Gasteiger charge is -1.94. The first-order valence-electron chi connectivity index (χ1n) is 2.91. The predicted octanol–water partition coefficient (Wildman–Crippen LogP) is 1.18. The van der Waals surface area contributed by atoms with E-state index in [2.05, 4.69) is 25.5 Å². The number of thioether (sulfide) groups is 1. The van der Waals surface area contributed by atoms with Gasteiger partial charge in [0.2, 0.25) is 5.04 Å². The third-order valence-electron chi connectivity index (χ3n) is 1.69. The predicted molar refractivity (Wildman–Crippen MR) is 38.8 cm³/mol. The number of hydrogen-bond acceptors (Lipinski definition) is 1. The molecule has 0 aromatic rings. The Morgan fingerprint density at radius 2 is 2.38 bits per heavy atom. The Labute approximate surface area is 54.8 Å². The summed E-state index contributed by atoms with van der Waals surface area (Å²) >= 11 is 1.96. The highest BCUT2D eigenvalue weighted by Gasteiger charge is 2.22. The van der Waals surface area contributed by atoms with E-state index in [9.17, 15) is 0 Å². The number of hydrogen-bond donors (Lipinski definition) is 0. The van der Waals surface area contributed by atoms with Crippen molar-refractivity contribution in [3.8, 4) is 0 Å². The molecule has 0 aliphatic carbocycles. The van der Waals surface area contributed by atoms with Gasteiger partial charge in [-0.2, -0.15) is 0 Å². The zero-order valence-electron chi connectivity index (χ0n) is 5.64. The van der Waals surface area contributed by atoms with Gasteiger partial charge in [0, 0.05) is 6.92 Å². The lowest BCUT2D eigenvalue weighted by molar-refractivity contribution is -0.522. The van der Waals surface area contributed by atoms with Crippen LogP contribution >= 0.6 is 11.8 Å². The molecule has 0 aromatic carbocycles. The molecular weight excluding hydrogens is 118 g/mol. The second-order valence-electron chi connectivity index (χ2n) is 2.29. The van der Waals surface area contributed by atoms with Gasteiger partial charge in [0.05, 0.1) is 5.75 Å². The van der Waals surface area contributed by atoms with E-state index >= 15 is 0 Å². The van der Waals surface area contributed by atoms with Crippen LogP contribution in [0.5, 0.6) is 0 Å². The Hall–Kier alpha value is 0.0200. The molecule has 46 valence electrons. The third kappa shape index (κ3) is 0.895. The van der Waals surface area contributed by atoms with Crippen LogP contribution in [0.2, 0.25) is 0 Å². The van der Waals surface area contributed by atoms with Gasteiger partial charge in [-0.1, -0.05) is 11.8 Å². The van der Waals surface area contributed by atoms with E-state index in [0.29, 0.717) is 0 Å². The summed E-state index contributed by atoms with van der Waals surface area (Å²) in [6.07, 6.45) is 0. The Balaban J connectivity index is 2.71. The average Bonchev–Trinajstić information content (AvgIpc) is 1.98. The summed E-state index contributed by atoms with van der Waals surface area (Å²) in [5, 5.41) is 1.46. The topological polar surface area (TPSA) is 3.01 Å². The van der Waals surface area contributed by atoms with Crippen LogP contribution < -0.4 is 0 Å². The molecule has 0 fully saturated rings. The van der Waals surface area contributed by atoms with Crippen LogP contribution in [0.3, 0.4) is 0 Å². The van der Waals surface area contributed by atoms with E-state index in [1.165, 1.54) is 10.8 Å². The van der Waals surface area contributed by atoms with Gasteiger partial charge in [-0.3, -0.25) is 0 Å². The van der Waals surface area contributed by atoms with Gasteiger partial charge in [0.15, 0.2) is 6.04 Å². The van der Waals surface area contributed by atoms with E-state index in [0.717, 1.165) is 6.04 Å². The minimum atomic E-state index is 0.750. The molecule has 0 saturated heterocycles. The van der Waals surface area contributed by atoms with Crippen LogP contribution in [0.15, 0.2) is 0 Å². The van der Waals surface area contributed by atoms with Crippen LogP contribution in [-0.4, -0.2) is 28.5 Å². The summed E-state index contributed by atoms with van der Waals surface area (Å²) < 4.78 is 2.32. The fraction of sp³-hybridized carbons (Fsp3) is 0.833. The summed E-state index contributed by atoms with van der Waals surface area (Å²) in [7, 11) is 2.15. The van der Waals surface area contributed by atoms with Crippen LogP contribution in [-0.2, 0) is 0 Å². The molecule has 1 aliphatic heterocycles. The van der Waals surface area contributed by atoms with E-state index in [1.807, 2.05) is 11.8 Å². The van der Waals surface area contributed by atoms with Crippen molar-refractivity contribution in [3.63, 3.8) is 0 Å². The first-order chi connectivity index (χ1) is 3.72. The van der Waals surface area contributed by atoms with Gasteiger partial charge < -0.3 is 0 Å². The second-order valence-corrected chi connectivity index (χ2v) is 3.50. The van der Waals surface area contributed by atoms with Gasteiger partial charge in [-0.05, 0) is 6.92 Å². The highest BCUT2D eigenvalue weighted by atomic mass is 32.2. The summed E-state index contributed by atoms with van der Waals surface area (Å²) in [6, 6.07) is 0.750. The van der Waals surface area contributed by atoms with Crippen molar-refractivity contribution < 1.29 is 4.58 Å². The summed E-state index contributed by atoms with van der Waals surface area (Å²) in [5.74, 6) is 1.27. The minimum absolute atomic E-state index is 0.750. The molecule has 0 N–H and O–H groups in total. The molecule has 0 amide bonds. The molecule has 1 rings (SSSR count). The van der Waals surface area contributed by atoms with Gasteiger partial charge in [0.25, 0.3) is 0 Å². The van der Waals surface area contributed by atoms with Crippen molar-refractivity contribution in [1.82, 2.24) is 0 Å². The monoisotopic (exact) mass is 130 g/mol. The molecule has 1 heterocycles. The SMILES string of the molecule is CC1=[N+](C)[C@H](C)CS1. The zero-order chi connectivity index (χ0) is 6.15. The first kappa shape index (κ1) is 6.14. The fourth-order valence-corrected chi connectivity index (χ4v) is 1.85. The van der Waals surface area contributed by atoms with E-state index in [4.69, 9.17) is 0 Å². The standard InChI is InChI=1S/C6H12NS/c1-5-4-8-6(2)7(5)3/h5H,4H2,1-3H3/q+1/t5-/m1/s1. The van der Waals surface area contributed by atoms with E-state index < -0.39 is 0 Å². The lowest BCUT2D eigenvalue weighted by atomic mass is 10.4. The van der Waals surface area contributed by atoms with Crippen LogP contribution in [0.1, 0.15) is 13.8 Å². The van der Waals surface area contributed by atoms with Crippen LogP contribution in [0.25, 0.3) is 0 Å². The lowest BCUT2D eigenvalue weighted by Crippen LogP contribution is -2.17. The number of nitrogens with zero attached hydrogens (tertiary/aromatic N) is 1. The Morgan fingerprint density at radius 3 is 2.50 bits per heavy atom. The van der Waals surface area contributed by atoms with Gasteiger partial charge in [-0.25, -0.2) is 4.58 Å². The van der Waals surface area contributed by atoms with Crippen molar-refractivity contribution >= 4 is 16.8 Å². The quantitative estimate of drug-likeness (QED) is 0.445. The Kier molecular flexibility index (Phi) is 1.61. The van der Waals surface area contributed by atoms with Crippen molar-refractivity contribution in [1.29, 1.82) is 0 Å². The van der Waals surface area contributed by atoms with Crippen molar-refractivity contribution in [2.75, 3.05) is 12.8 Å².